The Kier molecular flexibility index (Phi) is 3.72. The first-order chi connectivity index (χ1) is 7.80. The summed E-state index contributed by atoms with van der Waals surface area (Å²) in [6, 6.07) is 3.48. The molecular weight excluding hydrogens is 237 g/mol. The summed E-state index contributed by atoms with van der Waals surface area (Å²) in [5.74, 6) is -0.660. The molecular formula is C10H9F3N2O2. The van der Waals surface area contributed by atoms with E-state index in [9.17, 15) is 22.8 Å². The van der Waals surface area contributed by atoms with Gasteiger partial charge >= 0.3 is 12.2 Å². The summed E-state index contributed by atoms with van der Waals surface area (Å²) in [5, 5.41) is 3.77. The number of amides is 3. The van der Waals surface area contributed by atoms with Crippen molar-refractivity contribution in [1.29, 1.82) is 0 Å². The predicted molar refractivity (Wildman–Crippen MR) is 54.3 cm³/mol. The van der Waals surface area contributed by atoms with Crippen molar-refractivity contribution in [3.63, 3.8) is 0 Å². The van der Waals surface area contributed by atoms with E-state index in [1.807, 2.05) is 10.6 Å². The van der Waals surface area contributed by atoms with Crippen molar-refractivity contribution < 1.29 is 22.8 Å². The Morgan fingerprint density at radius 2 is 1.76 bits per heavy atom. The van der Waals surface area contributed by atoms with Crippen LogP contribution in [0.15, 0.2) is 24.3 Å². The normalized spacial score (nSPS) is 10.8. The van der Waals surface area contributed by atoms with Gasteiger partial charge in [0, 0.05) is 6.92 Å². The molecule has 1 aromatic rings. The molecule has 0 radical (unpaired) electrons. The smallest absolute Gasteiger partial charge is 0.307 e. The molecule has 0 spiro atoms. The lowest BCUT2D eigenvalue weighted by Crippen LogP contribution is -2.33. The van der Waals surface area contributed by atoms with Crippen molar-refractivity contribution in [2.45, 2.75) is 13.1 Å². The van der Waals surface area contributed by atoms with Crippen LogP contribution < -0.4 is 10.6 Å². The Morgan fingerprint density at radius 1 is 1.18 bits per heavy atom. The van der Waals surface area contributed by atoms with Crippen LogP contribution >= 0.6 is 0 Å². The van der Waals surface area contributed by atoms with E-state index >= 15 is 0 Å². The molecule has 0 aromatic heterocycles. The quantitative estimate of drug-likeness (QED) is 0.799. The molecule has 2 N–H and O–H groups in total. The number of carbonyl (C=O) groups is 2. The predicted octanol–water partition coefficient (Wildman–Crippen LogP) is 2.37. The Labute approximate surface area is 94.8 Å². The summed E-state index contributed by atoms with van der Waals surface area (Å²) in [7, 11) is 0. The van der Waals surface area contributed by atoms with Crippen molar-refractivity contribution in [3.8, 4) is 0 Å². The van der Waals surface area contributed by atoms with Crippen LogP contribution in [0.5, 0.6) is 0 Å². The highest BCUT2D eigenvalue weighted by molar-refractivity contribution is 6.00. The lowest BCUT2D eigenvalue weighted by molar-refractivity contribution is -0.136. The molecule has 17 heavy (non-hydrogen) atoms. The van der Waals surface area contributed by atoms with Crippen LogP contribution in [0.2, 0.25) is 0 Å². The summed E-state index contributed by atoms with van der Waals surface area (Å²) in [6.45, 7) is 1.08. The lowest BCUT2D eigenvalue weighted by atomic mass is 10.1. The number of rotatable bonds is 1. The zero-order valence-electron chi connectivity index (χ0n) is 8.76. The van der Waals surface area contributed by atoms with E-state index in [-0.39, 0.29) is 0 Å². The molecule has 1 aromatic carbocycles. The highest BCUT2D eigenvalue weighted by Crippen LogP contribution is 2.34. The average molecular weight is 246 g/mol. The zero-order chi connectivity index (χ0) is 13.1. The van der Waals surface area contributed by atoms with Gasteiger partial charge in [-0.15, -0.1) is 0 Å². The van der Waals surface area contributed by atoms with Gasteiger partial charge in [0.2, 0.25) is 5.91 Å². The maximum Gasteiger partial charge on any atom is 0.418 e. The van der Waals surface area contributed by atoms with Crippen LogP contribution in [0, 0.1) is 0 Å². The third kappa shape index (κ3) is 3.78. The number of anilines is 1. The zero-order valence-corrected chi connectivity index (χ0v) is 8.76. The van der Waals surface area contributed by atoms with Crippen LogP contribution in [0.4, 0.5) is 23.7 Å². The molecule has 4 nitrogen and oxygen atoms in total. The summed E-state index contributed by atoms with van der Waals surface area (Å²) < 4.78 is 37.6. The van der Waals surface area contributed by atoms with Gasteiger partial charge in [0.25, 0.3) is 0 Å². The van der Waals surface area contributed by atoms with Gasteiger partial charge in [-0.2, -0.15) is 13.2 Å². The number of urea groups is 1. The van der Waals surface area contributed by atoms with Crippen molar-refractivity contribution in [2.24, 2.45) is 0 Å². The maximum atomic E-state index is 12.5. The number of hydrogen-bond donors (Lipinski definition) is 2. The van der Waals surface area contributed by atoms with E-state index in [4.69, 9.17) is 0 Å². The average Bonchev–Trinajstić information content (AvgIpc) is 2.15. The van der Waals surface area contributed by atoms with Gasteiger partial charge < -0.3 is 5.32 Å². The van der Waals surface area contributed by atoms with Crippen molar-refractivity contribution in [1.82, 2.24) is 5.32 Å². The van der Waals surface area contributed by atoms with E-state index in [2.05, 4.69) is 0 Å². The minimum Gasteiger partial charge on any atom is -0.307 e. The van der Waals surface area contributed by atoms with E-state index in [1.165, 1.54) is 12.1 Å². The SMILES string of the molecule is CC(=O)NC(=O)Nc1ccccc1C(F)(F)F. The van der Waals surface area contributed by atoms with Crippen LogP contribution in [-0.4, -0.2) is 11.9 Å². The van der Waals surface area contributed by atoms with E-state index in [0.717, 1.165) is 19.1 Å². The fraction of sp³-hybridized carbons (Fsp3) is 0.200. The molecule has 0 aliphatic rings. The molecule has 0 heterocycles. The van der Waals surface area contributed by atoms with Gasteiger partial charge in [0.1, 0.15) is 0 Å². The molecule has 7 heteroatoms. The fourth-order valence-electron chi connectivity index (χ4n) is 1.15. The number of halogens is 3. The Hall–Kier alpha value is -2.05. The molecule has 0 unspecified atom stereocenters. The third-order valence-electron chi connectivity index (χ3n) is 1.77. The summed E-state index contributed by atoms with van der Waals surface area (Å²) in [6.07, 6.45) is -4.57. The van der Waals surface area contributed by atoms with Gasteiger partial charge in [-0.1, -0.05) is 12.1 Å². The Morgan fingerprint density at radius 3 is 2.29 bits per heavy atom. The number of alkyl halides is 3. The van der Waals surface area contributed by atoms with Gasteiger partial charge in [-0.05, 0) is 12.1 Å². The van der Waals surface area contributed by atoms with Crippen molar-refractivity contribution in [2.75, 3.05) is 5.32 Å². The standard InChI is InChI=1S/C10H9F3N2O2/c1-6(16)14-9(17)15-8-5-3-2-4-7(8)10(11,12)13/h2-5H,1H3,(H2,14,15,16,17). The van der Waals surface area contributed by atoms with Crippen molar-refractivity contribution >= 4 is 17.6 Å². The van der Waals surface area contributed by atoms with E-state index < -0.39 is 29.4 Å². The molecule has 3 amide bonds. The summed E-state index contributed by atoms with van der Waals surface area (Å²) >= 11 is 0. The molecule has 0 fully saturated rings. The molecule has 1 rings (SSSR count). The number of carbonyl (C=O) groups excluding carboxylic acids is 2. The minimum atomic E-state index is -4.57. The molecule has 0 atom stereocenters. The highest BCUT2D eigenvalue weighted by atomic mass is 19.4. The van der Waals surface area contributed by atoms with E-state index in [1.54, 1.807) is 0 Å². The molecule has 0 bridgehead atoms. The third-order valence-corrected chi connectivity index (χ3v) is 1.77. The molecule has 92 valence electrons. The number of benzene rings is 1. The first-order valence-electron chi connectivity index (χ1n) is 4.55. The second-order valence-corrected chi connectivity index (χ2v) is 3.18. The topological polar surface area (TPSA) is 58.2 Å². The molecule has 0 saturated heterocycles. The second kappa shape index (κ2) is 4.86. The fourth-order valence-corrected chi connectivity index (χ4v) is 1.15. The molecule has 0 aliphatic heterocycles. The van der Waals surface area contributed by atoms with Crippen LogP contribution in [-0.2, 0) is 11.0 Å². The van der Waals surface area contributed by atoms with Gasteiger partial charge in [-0.25, -0.2) is 4.79 Å². The van der Waals surface area contributed by atoms with E-state index in [0.29, 0.717) is 0 Å². The molecule has 0 aliphatic carbocycles. The number of imide groups is 1. The number of hydrogen-bond acceptors (Lipinski definition) is 2. The minimum absolute atomic E-state index is 0.404. The van der Waals surface area contributed by atoms with Gasteiger partial charge in [0.15, 0.2) is 0 Å². The Balaban J connectivity index is 2.92. The lowest BCUT2D eigenvalue weighted by Gasteiger charge is -2.13. The number of nitrogens with one attached hydrogen (secondary N) is 2. The van der Waals surface area contributed by atoms with Crippen LogP contribution in [0.25, 0.3) is 0 Å². The van der Waals surface area contributed by atoms with Crippen LogP contribution in [0.3, 0.4) is 0 Å². The maximum absolute atomic E-state index is 12.5. The van der Waals surface area contributed by atoms with Crippen molar-refractivity contribution in [3.05, 3.63) is 29.8 Å². The first kappa shape index (κ1) is 13.0. The largest absolute Gasteiger partial charge is 0.418 e. The highest BCUT2D eigenvalue weighted by Gasteiger charge is 2.33. The Bertz CT molecular complexity index is 443. The molecule has 0 saturated carbocycles. The number of para-hydroxylation sites is 1. The summed E-state index contributed by atoms with van der Waals surface area (Å²) in [5.41, 5.74) is -1.38. The van der Waals surface area contributed by atoms with Gasteiger partial charge in [-0.3, -0.25) is 10.1 Å². The van der Waals surface area contributed by atoms with Crippen LogP contribution in [0.1, 0.15) is 12.5 Å². The first-order valence-corrected chi connectivity index (χ1v) is 4.55. The summed E-state index contributed by atoms with van der Waals surface area (Å²) in [4.78, 5) is 21.6. The second-order valence-electron chi connectivity index (χ2n) is 3.18. The van der Waals surface area contributed by atoms with Gasteiger partial charge in [0.05, 0.1) is 11.3 Å². The monoisotopic (exact) mass is 246 g/mol.